The second-order valence-electron chi connectivity index (χ2n) is 3.51. The van der Waals surface area contributed by atoms with Crippen LogP contribution in [0.5, 0.6) is 0 Å². The van der Waals surface area contributed by atoms with Crippen LogP contribution in [-0.2, 0) is 4.74 Å². The average Bonchev–Trinajstić information content (AvgIpc) is 2.33. The number of hydrogen-bond acceptors (Lipinski definition) is 6. The van der Waals surface area contributed by atoms with Gasteiger partial charge in [0.05, 0.1) is 4.92 Å². The van der Waals surface area contributed by atoms with Crippen LogP contribution in [0, 0.1) is 15.9 Å². The van der Waals surface area contributed by atoms with Gasteiger partial charge in [-0.05, 0) is 0 Å². The molecule has 0 saturated heterocycles. The molecule has 20 heavy (non-hydrogen) atoms. The fraction of sp³-hybridized carbons (Fsp3) is 0.200. The summed E-state index contributed by atoms with van der Waals surface area (Å²) >= 11 is 0. The molecule has 1 aromatic rings. The first-order valence-corrected chi connectivity index (χ1v) is 5.20. The van der Waals surface area contributed by atoms with Gasteiger partial charge in [-0.15, -0.1) is 0 Å². The largest absolute Gasteiger partial charge is 0.478 e. The monoisotopic (exact) mass is 287 g/mol. The van der Waals surface area contributed by atoms with Crippen LogP contribution >= 0.6 is 0 Å². The van der Waals surface area contributed by atoms with Crippen LogP contribution in [0.4, 0.5) is 20.6 Å². The van der Waals surface area contributed by atoms with E-state index in [9.17, 15) is 24.1 Å². The number of anilines is 1. The van der Waals surface area contributed by atoms with E-state index in [1.54, 1.807) is 0 Å². The van der Waals surface area contributed by atoms with Crippen molar-refractivity contribution < 1.29 is 28.7 Å². The molecule has 0 aliphatic heterocycles. The molecular weight excluding hydrogens is 277 g/mol. The number of nitrogens with one attached hydrogen (secondary N) is 1. The van der Waals surface area contributed by atoms with Crippen molar-refractivity contribution in [1.82, 2.24) is 0 Å². The molecule has 4 N–H and O–H groups in total. The Morgan fingerprint density at radius 2 is 2.15 bits per heavy atom. The van der Waals surface area contributed by atoms with E-state index >= 15 is 0 Å². The summed E-state index contributed by atoms with van der Waals surface area (Å²) in [4.78, 5) is 30.9. The number of carbonyl (C=O) groups excluding carboxylic acids is 1. The van der Waals surface area contributed by atoms with Crippen molar-refractivity contribution in [3.8, 4) is 0 Å². The van der Waals surface area contributed by atoms with Crippen molar-refractivity contribution in [2.45, 2.75) is 0 Å². The van der Waals surface area contributed by atoms with E-state index in [1.165, 1.54) is 0 Å². The molecule has 0 radical (unpaired) electrons. The number of nitro benzene ring substituents is 1. The third-order valence-electron chi connectivity index (χ3n) is 2.17. The molecule has 10 heteroatoms. The van der Waals surface area contributed by atoms with Gasteiger partial charge in [-0.25, -0.2) is 14.0 Å². The van der Waals surface area contributed by atoms with Crippen molar-refractivity contribution >= 4 is 23.4 Å². The highest BCUT2D eigenvalue weighted by atomic mass is 19.1. The van der Waals surface area contributed by atoms with E-state index in [0.717, 1.165) is 0 Å². The van der Waals surface area contributed by atoms with E-state index in [0.29, 0.717) is 12.1 Å². The Morgan fingerprint density at radius 1 is 1.50 bits per heavy atom. The Labute approximate surface area is 111 Å². The molecule has 0 atom stereocenters. The first kappa shape index (κ1) is 15.1. The number of carbonyl (C=O) groups is 2. The zero-order valence-corrected chi connectivity index (χ0v) is 9.96. The summed E-state index contributed by atoms with van der Waals surface area (Å²) < 4.78 is 17.8. The molecule has 0 aliphatic carbocycles. The number of nitrogens with two attached hydrogens (primary N) is 1. The number of carboxylic acid groups (broad SMARTS) is 1. The lowest BCUT2D eigenvalue weighted by molar-refractivity contribution is -0.384. The molecule has 1 rings (SSSR count). The number of aromatic carboxylic acids is 1. The highest BCUT2D eigenvalue weighted by Crippen LogP contribution is 2.27. The standard InChI is InChI=1S/C10H10FN3O6/c11-6-4-7(13-1-2-20-10(12)17)8(14(18)19)3-5(6)9(15)16/h3-4,13H,1-2H2,(H2,12,17)(H,15,16). The van der Waals surface area contributed by atoms with E-state index < -0.39 is 34.1 Å². The minimum atomic E-state index is -1.62. The number of halogens is 1. The summed E-state index contributed by atoms with van der Waals surface area (Å²) in [6.07, 6.45) is -1.02. The van der Waals surface area contributed by atoms with Gasteiger partial charge in [0.2, 0.25) is 0 Å². The molecule has 0 bridgehead atoms. The van der Waals surface area contributed by atoms with Gasteiger partial charge in [-0.1, -0.05) is 0 Å². The van der Waals surface area contributed by atoms with E-state index in [4.69, 9.17) is 10.8 Å². The molecule has 0 fully saturated rings. The molecule has 0 unspecified atom stereocenters. The van der Waals surface area contributed by atoms with Crippen LogP contribution in [0.1, 0.15) is 10.4 Å². The fourth-order valence-corrected chi connectivity index (χ4v) is 1.36. The number of rotatable bonds is 6. The average molecular weight is 287 g/mol. The highest BCUT2D eigenvalue weighted by molar-refractivity contribution is 5.90. The number of nitro groups is 1. The SMILES string of the molecule is NC(=O)OCCNc1cc(F)c(C(=O)O)cc1[N+](=O)[O-]. The molecule has 1 aromatic carbocycles. The lowest BCUT2D eigenvalue weighted by atomic mass is 10.1. The van der Waals surface area contributed by atoms with Gasteiger partial charge in [-0.3, -0.25) is 10.1 Å². The molecule has 9 nitrogen and oxygen atoms in total. The number of primary amides is 1. The van der Waals surface area contributed by atoms with Crippen LogP contribution in [0.3, 0.4) is 0 Å². The topological polar surface area (TPSA) is 145 Å². The van der Waals surface area contributed by atoms with Gasteiger partial charge in [0.25, 0.3) is 5.69 Å². The van der Waals surface area contributed by atoms with Crippen LogP contribution in [-0.4, -0.2) is 35.2 Å². The Morgan fingerprint density at radius 3 is 2.65 bits per heavy atom. The van der Waals surface area contributed by atoms with E-state index in [-0.39, 0.29) is 18.8 Å². The molecular formula is C10H10FN3O6. The minimum Gasteiger partial charge on any atom is -0.478 e. The predicted octanol–water partition coefficient (Wildman–Crippen LogP) is 0.939. The van der Waals surface area contributed by atoms with Crippen LogP contribution in [0.25, 0.3) is 0 Å². The zero-order chi connectivity index (χ0) is 15.3. The van der Waals surface area contributed by atoms with Crippen LogP contribution in [0.2, 0.25) is 0 Å². The van der Waals surface area contributed by atoms with Gasteiger partial charge < -0.3 is 20.9 Å². The Balaban J connectivity index is 2.94. The van der Waals surface area contributed by atoms with Crippen molar-refractivity contribution in [3.63, 3.8) is 0 Å². The number of carboxylic acids is 1. The second-order valence-corrected chi connectivity index (χ2v) is 3.51. The lowest BCUT2D eigenvalue weighted by Crippen LogP contribution is -2.18. The number of amides is 1. The summed E-state index contributed by atoms with van der Waals surface area (Å²) in [7, 11) is 0. The van der Waals surface area contributed by atoms with Crippen molar-refractivity contribution in [1.29, 1.82) is 0 Å². The molecule has 108 valence electrons. The van der Waals surface area contributed by atoms with E-state index in [1.807, 2.05) is 0 Å². The maximum atomic E-state index is 13.4. The summed E-state index contributed by atoms with van der Waals surface area (Å²) in [6, 6.07) is 1.29. The van der Waals surface area contributed by atoms with Gasteiger partial charge in [0.1, 0.15) is 23.7 Å². The smallest absolute Gasteiger partial charge is 0.404 e. The van der Waals surface area contributed by atoms with E-state index in [2.05, 4.69) is 10.1 Å². The number of ether oxygens (including phenoxy) is 1. The first-order chi connectivity index (χ1) is 9.32. The van der Waals surface area contributed by atoms with Gasteiger partial charge >= 0.3 is 12.1 Å². The fourth-order valence-electron chi connectivity index (χ4n) is 1.36. The van der Waals surface area contributed by atoms with Crippen molar-refractivity contribution in [2.75, 3.05) is 18.5 Å². The molecule has 0 spiro atoms. The van der Waals surface area contributed by atoms with Crippen molar-refractivity contribution in [3.05, 3.63) is 33.6 Å². The molecule has 0 saturated carbocycles. The maximum Gasteiger partial charge on any atom is 0.404 e. The second kappa shape index (κ2) is 6.31. The van der Waals surface area contributed by atoms with Crippen LogP contribution < -0.4 is 11.1 Å². The molecule has 0 heterocycles. The first-order valence-electron chi connectivity index (χ1n) is 5.20. The Kier molecular flexibility index (Phi) is 4.78. The third-order valence-corrected chi connectivity index (χ3v) is 2.17. The summed E-state index contributed by atoms with van der Waals surface area (Å²) in [5.74, 6) is -2.74. The lowest BCUT2D eigenvalue weighted by Gasteiger charge is -2.08. The Hall–Kier alpha value is -2.91. The van der Waals surface area contributed by atoms with Crippen molar-refractivity contribution in [2.24, 2.45) is 5.73 Å². The Bertz CT molecular complexity index is 562. The van der Waals surface area contributed by atoms with Gasteiger partial charge in [0, 0.05) is 18.7 Å². The normalized spacial score (nSPS) is 9.85. The van der Waals surface area contributed by atoms with Gasteiger partial charge in [0.15, 0.2) is 0 Å². The highest BCUT2D eigenvalue weighted by Gasteiger charge is 2.21. The zero-order valence-electron chi connectivity index (χ0n) is 9.96. The number of benzene rings is 1. The summed E-state index contributed by atoms with van der Waals surface area (Å²) in [6.45, 7) is -0.246. The minimum absolute atomic E-state index is 0.0599. The summed E-state index contributed by atoms with van der Waals surface area (Å²) in [5, 5.41) is 21.9. The molecule has 0 aliphatic rings. The number of hydrogen-bond donors (Lipinski definition) is 3. The quantitative estimate of drug-likeness (QED) is 0.401. The number of nitrogens with zero attached hydrogens (tertiary/aromatic N) is 1. The van der Waals surface area contributed by atoms with Gasteiger partial charge in [-0.2, -0.15) is 0 Å². The maximum absolute atomic E-state index is 13.4. The van der Waals surface area contributed by atoms with Crippen LogP contribution in [0.15, 0.2) is 12.1 Å². The summed E-state index contributed by atoms with van der Waals surface area (Å²) in [5.41, 5.74) is 3.06. The molecule has 1 amide bonds. The molecule has 0 aromatic heterocycles. The third kappa shape index (κ3) is 3.80. The predicted molar refractivity (Wildman–Crippen MR) is 64.0 cm³/mol.